The number of primary sulfonamides is 1. The molecule has 0 amide bonds. The molecule has 2 heterocycles. The van der Waals surface area contributed by atoms with Crippen molar-refractivity contribution in [2.45, 2.75) is 4.90 Å². The fourth-order valence-corrected chi connectivity index (χ4v) is 4.02. The quantitative estimate of drug-likeness (QED) is 0.530. The molecule has 27 heavy (non-hydrogen) atoms. The summed E-state index contributed by atoms with van der Waals surface area (Å²) in [6, 6.07) is 17.8. The Morgan fingerprint density at radius 2 is 1.67 bits per heavy atom. The maximum atomic E-state index is 11.5. The van der Waals surface area contributed by atoms with Crippen LogP contribution in [0.25, 0.3) is 28.2 Å². The van der Waals surface area contributed by atoms with E-state index in [4.69, 9.17) is 21.8 Å². The normalized spacial score (nSPS) is 11.6. The average molecular weight is 416 g/mol. The van der Waals surface area contributed by atoms with E-state index in [1.165, 1.54) is 12.1 Å². The maximum Gasteiger partial charge on any atom is 0.238 e. The van der Waals surface area contributed by atoms with E-state index in [-0.39, 0.29) is 4.90 Å². The second-order valence-corrected chi connectivity index (χ2v) is 8.66. The number of halogens is 1. The van der Waals surface area contributed by atoms with Crippen molar-refractivity contribution in [1.29, 1.82) is 0 Å². The van der Waals surface area contributed by atoms with Crippen LogP contribution < -0.4 is 5.14 Å². The molecule has 0 fully saturated rings. The van der Waals surface area contributed by atoms with Crippen LogP contribution in [0.2, 0.25) is 5.02 Å². The second-order valence-electron chi connectivity index (χ2n) is 5.88. The molecule has 2 aromatic carbocycles. The predicted octanol–water partition coefficient (Wildman–Crippen LogP) is 4.57. The van der Waals surface area contributed by atoms with E-state index < -0.39 is 10.0 Å². The van der Waals surface area contributed by atoms with Gasteiger partial charge in [-0.2, -0.15) is 16.4 Å². The van der Waals surface area contributed by atoms with Gasteiger partial charge in [0.1, 0.15) is 0 Å². The van der Waals surface area contributed by atoms with Crippen LogP contribution in [0.5, 0.6) is 0 Å². The van der Waals surface area contributed by atoms with Crippen molar-refractivity contribution in [3.05, 3.63) is 76.4 Å². The lowest BCUT2D eigenvalue weighted by molar-refractivity contribution is 0.598. The lowest BCUT2D eigenvalue weighted by atomic mass is 10.1. The van der Waals surface area contributed by atoms with Crippen molar-refractivity contribution in [1.82, 2.24) is 9.78 Å². The number of sulfonamides is 1. The number of nitrogens with zero attached hydrogens (tertiary/aromatic N) is 2. The van der Waals surface area contributed by atoms with Gasteiger partial charge in [-0.1, -0.05) is 23.7 Å². The molecule has 136 valence electrons. The van der Waals surface area contributed by atoms with Gasteiger partial charge in [0.15, 0.2) is 0 Å². The highest BCUT2D eigenvalue weighted by Crippen LogP contribution is 2.30. The number of nitrogens with two attached hydrogens (primary N) is 1. The van der Waals surface area contributed by atoms with E-state index in [9.17, 15) is 8.42 Å². The van der Waals surface area contributed by atoms with E-state index in [1.807, 2.05) is 47.2 Å². The zero-order chi connectivity index (χ0) is 19.0. The van der Waals surface area contributed by atoms with Gasteiger partial charge in [0.2, 0.25) is 10.0 Å². The number of aromatic nitrogens is 2. The monoisotopic (exact) mass is 415 g/mol. The van der Waals surface area contributed by atoms with Gasteiger partial charge in [-0.25, -0.2) is 18.2 Å². The first-order valence-corrected chi connectivity index (χ1v) is 10.8. The fraction of sp³-hybridized carbons (Fsp3) is 0. The minimum Gasteiger partial charge on any atom is -0.232 e. The van der Waals surface area contributed by atoms with Crippen LogP contribution in [-0.2, 0) is 10.0 Å². The van der Waals surface area contributed by atoms with Crippen molar-refractivity contribution < 1.29 is 8.42 Å². The van der Waals surface area contributed by atoms with E-state index in [1.54, 1.807) is 28.2 Å². The van der Waals surface area contributed by atoms with Gasteiger partial charge in [-0.15, -0.1) is 0 Å². The number of hydrogen-bond acceptors (Lipinski definition) is 4. The first kappa shape index (κ1) is 17.9. The Kier molecular flexibility index (Phi) is 4.61. The van der Waals surface area contributed by atoms with Crippen LogP contribution in [0, 0.1) is 0 Å². The summed E-state index contributed by atoms with van der Waals surface area (Å²) in [5.74, 6) is 0. The van der Waals surface area contributed by atoms with Gasteiger partial charge >= 0.3 is 0 Å². The molecule has 0 bridgehead atoms. The minimum absolute atomic E-state index is 0.0597. The molecule has 2 aromatic heterocycles. The summed E-state index contributed by atoms with van der Waals surface area (Å²) < 4.78 is 24.8. The molecule has 0 atom stereocenters. The van der Waals surface area contributed by atoms with Crippen LogP contribution >= 0.6 is 22.9 Å². The molecular weight excluding hydrogens is 402 g/mol. The minimum atomic E-state index is -3.74. The van der Waals surface area contributed by atoms with Gasteiger partial charge in [0, 0.05) is 21.5 Å². The van der Waals surface area contributed by atoms with Gasteiger partial charge in [-0.05, 0) is 53.9 Å². The summed E-state index contributed by atoms with van der Waals surface area (Å²) in [4.78, 5) is 0.0597. The Bertz CT molecular complexity index is 1180. The summed E-state index contributed by atoms with van der Waals surface area (Å²) in [5, 5.41) is 14.6. The molecule has 0 aliphatic rings. The summed E-state index contributed by atoms with van der Waals surface area (Å²) in [6.07, 6.45) is 0. The topological polar surface area (TPSA) is 78.0 Å². The largest absolute Gasteiger partial charge is 0.238 e. The van der Waals surface area contributed by atoms with Crippen molar-refractivity contribution in [3.63, 3.8) is 0 Å². The third-order valence-corrected chi connectivity index (χ3v) is 5.94. The zero-order valence-corrected chi connectivity index (χ0v) is 16.3. The summed E-state index contributed by atoms with van der Waals surface area (Å²) in [7, 11) is -3.74. The van der Waals surface area contributed by atoms with Crippen molar-refractivity contribution in [2.75, 3.05) is 0 Å². The number of rotatable bonds is 4. The Morgan fingerprint density at radius 3 is 2.26 bits per heavy atom. The second kappa shape index (κ2) is 6.94. The first-order chi connectivity index (χ1) is 12.9. The highest BCUT2D eigenvalue weighted by atomic mass is 35.5. The molecule has 0 saturated heterocycles. The maximum absolute atomic E-state index is 11.5. The van der Waals surface area contributed by atoms with E-state index in [0.717, 1.165) is 28.2 Å². The van der Waals surface area contributed by atoms with Crippen molar-refractivity contribution in [3.8, 4) is 28.2 Å². The van der Waals surface area contributed by atoms with Crippen molar-refractivity contribution in [2.24, 2.45) is 5.14 Å². The van der Waals surface area contributed by atoms with Gasteiger partial charge in [0.05, 0.1) is 22.0 Å². The SMILES string of the molecule is NS(=O)(=O)c1ccc(-n2nc(-c3ccsc3)cc2-c2ccc(Cl)cc2)cc1. The highest BCUT2D eigenvalue weighted by molar-refractivity contribution is 7.89. The van der Waals surface area contributed by atoms with E-state index >= 15 is 0 Å². The lowest BCUT2D eigenvalue weighted by Crippen LogP contribution is -2.12. The Hall–Kier alpha value is -2.45. The zero-order valence-electron chi connectivity index (χ0n) is 13.9. The van der Waals surface area contributed by atoms with Crippen LogP contribution in [0.3, 0.4) is 0 Å². The van der Waals surface area contributed by atoms with E-state index in [2.05, 4.69) is 0 Å². The molecule has 0 aliphatic carbocycles. The molecule has 0 radical (unpaired) electrons. The summed E-state index contributed by atoms with van der Waals surface area (Å²) >= 11 is 7.61. The van der Waals surface area contributed by atoms with Crippen molar-refractivity contribution >= 4 is 33.0 Å². The lowest BCUT2D eigenvalue weighted by Gasteiger charge is -2.08. The van der Waals surface area contributed by atoms with Gasteiger partial charge in [0.25, 0.3) is 0 Å². The van der Waals surface area contributed by atoms with E-state index in [0.29, 0.717) is 5.02 Å². The standard InChI is InChI=1S/C19H14ClN3O2S2/c20-15-3-1-13(2-4-15)19-11-18(14-9-10-26-12-14)22-23(19)16-5-7-17(8-6-16)27(21,24)25/h1-12H,(H2,21,24,25). The van der Waals surface area contributed by atoms with Crippen LogP contribution in [0.4, 0.5) is 0 Å². The molecule has 8 heteroatoms. The molecule has 0 unspecified atom stereocenters. The molecule has 4 aromatic rings. The molecule has 5 nitrogen and oxygen atoms in total. The molecule has 2 N–H and O–H groups in total. The molecule has 0 saturated carbocycles. The summed E-state index contributed by atoms with van der Waals surface area (Å²) in [5.41, 5.74) is 4.40. The number of benzene rings is 2. The Labute approximate surface area is 165 Å². The third kappa shape index (κ3) is 3.68. The molecule has 0 spiro atoms. The molecule has 4 rings (SSSR count). The third-order valence-electron chi connectivity index (χ3n) is 4.08. The smallest absolute Gasteiger partial charge is 0.232 e. The first-order valence-electron chi connectivity index (χ1n) is 7.94. The Morgan fingerprint density at radius 1 is 0.963 bits per heavy atom. The molecular formula is C19H14ClN3O2S2. The van der Waals surface area contributed by atoms with Crippen LogP contribution in [-0.4, -0.2) is 18.2 Å². The van der Waals surface area contributed by atoms with Crippen LogP contribution in [0.1, 0.15) is 0 Å². The Balaban J connectivity index is 1.86. The predicted molar refractivity (Wildman–Crippen MR) is 109 cm³/mol. The summed E-state index contributed by atoms with van der Waals surface area (Å²) in [6.45, 7) is 0. The number of thiophene rings is 1. The van der Waals surface area contributed by atoms with Gasteiger partial charge < -0.3 is 0 Å². The fourth-order valence-electron chi connectivity index (χ4n) is 2.73. The highest BCUT2D eigenvalue weighted by Gasteiger charge is 2.15. The van der Waals surface area contributed by atoms with Crippen LogP contribution in [0.15, 0.2) is 76.3 Å². The number of hydrogen-bond donors (Lipinski definition) is 1. The van der Waals surface area contributed by atoms with Gasteiger partial charge in [-0.3, -0.25) is 0 Å². The molecule has 0 aliphatic heterocycles. The average Bonchev–Trinajstić information content (AvgIpc) is 3.31.